The lowest BCUT2D eigenvalue weighted by molar-refractivity contribution is 0.0961. The van der Waals surface area contributed by atoms with Gasteiger partial charge in [-0.15, -0.1) is 0 Å². The summed E-state index contributed by atoms with van der Waals surface area (Å²) in [7, 11) is 0. The number of anilines is 4. The van der Waals surface area contributed by atoms with Crippen LogP contribution in [0.1, 0.15) is 45.0 Å². The van der Waals surface area contributed by atoms with Crippen LogP contribution in [0.3, 0.4) is 0 Å². The lowest BCUT2D eigenvalue weighted by atomic mass is 9.90. The number of allylic oxidation sites excluding steroid dienone is 1. The molecule has 0 aliphatic carbocycles. The third-order valence-electron chi connectivity index (χ3n) is 6.62. The molecular weight excluding hydrogens is 525 g/mol. The van der Waals surface area contributed by atoms with Gasteiger partial charge in [0.25, 0.3) is 5.91 Å². The fourth-order valence-electron chi connectivity index (χ4n) is 4.36. The highest BCUT2D eigenvalue weighted by molar-refractivity contribution is 6.00. The van der Waals surface area contributed by atoms with Crippen LogP contribution >= 0.6 is 0 Å². The first-order valence-corrected chi connectivity index (χ1v) is 13.5. The van der Waals surface area contributed by atoms with Crippen molar-refractivity contribution in [1.29, 1.82) is 5.41 Å². The van der Waals surface area contributed by atoms with Gasteiger partial charge in [0.2, 0.25) is 5.95 Å². The van der Waals surface area contributed by atoms with Crippen LogP contribution in [0, 0.1) is 22.6 Å². The predicted molar refractivity (Wildman–Crippen MR) is 160 cm³/mol. The Morgan fingerprint density at radius 1 is 1.15 bits per heavy atom. The molecule has 0 bridgehead atoms. The summed E-state index contributed by atoms with van der Waals surface area (Å²) in [5.74, 6) is 0.0971. The van der Waals surface area contributed by atoms with Gasteiger partial charge in [0.15, 0.2) is 11.6 Å². The van der Waals surface area contributed by atoms with Crippen LogP contribution in [0.4, 0.5) is 27.7 Å². The van der Waals surface area contributed by atoms with E-state index in [1.807, 2.05) is 20.8 Å². The maximum atomic E-state index is 14.7. The molecule has 1 aromatic carbocycles. The number of rotatable bonds is 8. The van der Waals surface area contributed by atoms with Crippen LogP contribution < -0.4 is 27.0 Å². The number of benzene rings is 1. The van der Waals surface area contributed by atoms with E-state index in [9.17, 15) is 9.18 Å². The van der Waals surface area contributed by atoms with Gasteiger partial charge in [-0.05, 0) is 30.2 Å². The molecule has 0 radical (unpaired) electrons. The summed E-state index contributed by atoms with van der Waals surface area (Å²) in [4.78, 5) is 35.2. The van der Waals surface area contributed by atoms with Crippen LogP contribution in [-0.4, -0.2) is 69.2 Å². The number of amides is 1. The minimum Gasteiger partial charge on any atom is -0.385 e. The standard InChI is InChI=1S/C28H38FN11O/c1-16(2)14-39-8-10-40(11-9-39)27-37-23-22(24(32)38-27)33-15-34-25(23)35-17-6-7-19(29)18(12-17)26(41)36-21(31)13-20(30)28(3,4)5/h6-7,12-13,15-16,30H,8-11,14,31H2,1-5H3,(H,36,41)(H2,32,37,38)(H,33,34,35)/b21-13+,30-20?. The molecule has 0 spiro atoms. The second-order valence-corrected chi connectivity index (χ2v) is 11.5. The van der Waals surface area contributed by atoms with Gasteiger partial charge in [0, 0.05) is 49.5 Å². The van der Waals surface area contributed by atoms with Crippen molar-refractivity contribution in [2.45, 2.75) is 34.6 Å². The Morgan fingerprint density at radius 2 is 1.85 bits per heavy atom. The van der Waals surface area contributed by atoms with Crippen molar-refractivity contribution in [3.8, 4) is 0 Å². The molecule has 1 saturated heterocycles. The van der Waals surface area contributed by atoms with Crippen molar-refractivity contribution in [2.24, 2.45) is 17.1 Å². The zero-order valence-corrected chi connectivity index (χ0v) is 24.1. The van der Waals surface area contributed by atoms with E-state index in [1.54, 1.807) is 0 Å². The normalized spacial score (nSPS) is 14.9. The number of hydrogen-bond acceptors (Lipinski definition) is 11. The highest BCUT2D eigenvalue weighted by Gasteiger charge is 2.22. The van der Waals surface area contributed by atoms with Gasteiger partial charge in [-0.3, -0.25) is 9.69 Å². The quantitative estimate of drug-likeness (QED) is 0.256. The number of carbonyl (C=O) groups excluding carboxylic acids is 1. The Morgan fingerprint density at radius 3 is 2.51 bits per heavy atom. The molecule has 41 heavy (non-hydrogen) atoms. The maximum Gasteiger partial charge on any atom is 0.259 e. The molecular formula is C28H38FN11O. The Hall–Kier alpha value is -4.39. The summed E-state index contributed by atoms with van der Waals surface area (Å²) >= 11 is 0. The Kier molecular flexibility index (Phi) is 8.66. The average Bonchev–Trinajstić information content (AvgIpc) is 2.89. The number of carbonyl (C=O) groups is 1. The number of hydrogen-bond donors (Lipinski definition) is 5. The minimum atomic E-state index is -0.750. The first kappa shape index (κ1) is 29.6. The number of halogens is 1. The van der Waals surface area contributed by atoms with Gasteiger partial charge < -0.3 is 32.4 Å². The van der Waals surface area contributed by atoms with Crippen molar-refractivity contribution in [2.75, 3.05) is 48.7 Å². The third kappa shape index (κ3) is 7.23. The third-order valence-corrected chi connectivity index (χ3v) is 6.62. The molecule has 4 rings (SSSR count). The molecule has 0 saturated carbocycles. The number of aromatic nitrogens is 4. The molecule has 3 aromatic rings. The Bertz CT molecular complexity index is 1470. The van der Waals surface area contributed by atoms with Crippen LogP contribution in [0.15, 0.2) is 36.4 Å². The van der Waals surface area contributed by atoms with Crippen LogP contribution in [0.2, 0.25) is 0 Å². The Labute approximate surface area is 239 Å². The SMILES string of the molecule is CC(C)CN1CCN(c2nc(N)c3ncnc(Nc4ccc(F)c(C(=O)N/C(N)=C/C(=N)C(C)(C)C)c4)c3n2)CC1. The number of fused-ring (bicyclic) bond motifs is 1. The molecule has 12 nitrogen and oxygen atoms in total. The number of piperazine rings is 1. The van der Waals surface area contributed by atoms with E-state index in [1.165, 1.54) is 30.6 Å². The topological polar surface area (TPSA) is 175 Å². The fourth-order valence-corrected chi connectivity index (χ4v) is 4.36. The van der Waals surface area contributed by atoms with Crippen molar-refractivity contribution >= 4 is 45.9 Å². The van der Waals surface area contributed by atoms with Gasteiger partial charge in [0.1, 0.15) is 29.0 Å². The fraction of sp³-hybridized carbons (Fsp3) is 0.429. The summed E-state index contributed by atoms with van der Waals surface area (Å²) in [6.45, 7) is 14.3. The summed E-state index contributed by atoms with van der Waals surface area (Å²) in [6.07, 6.45) is 2.68. The molecule has 7 N–H and O–H groups in total. The van der Waals surface area contributed by atoms with E-state index >= 15 is 0 Å². The highest BCUT2D eigenvalue weighted by atomic mass is 19.1. The van der Waals surface area contributed by atoms with Crippen LogP contribution in [0.5, 0.6) is 0 Å². The molecule has 1 aliphatic heterocycles. The van der Waals surface area contributed by atoms with E-state index in [0.717, 1.165) is 32.7 Å². The first-order valence-electron chi connectivity index (χ1n) is 13.5. The molecule has 1 aliphatic rings. The summed E-state index contributed by atoms with van der Waals surface area (Å²) < 4.78 is 14.7. The molecule has 2 aromatic heterocycles. The van der Waals surface area contributed by atoms with Crippen molar-refractivity contribution in [1.82, 2.24) is 30.2 Å². The summed E-state index contributed by atoms with van der Waals surface area (Å²) in [6, 6.07) is 4.00. The van der Waals surface area contributed by atoms with E-state index in [-0.39, 0.29) is 22.9 Å². The monoisotopic (exact) mass is 563 g/mol. The number of nitrogens with zero attached hydrogens (tertiary/aromatic N) is 6. The molecule has 1 amide bonds. The van der Waals surface area contributed by atoms with Crippen LogP contribution in [0.25, 0.3) is 11.0 Å². The van der Waals surface area contributed by atoms with Gasteiger partial charge in [-0.25, -0.2) is 19.3 Å². The van der Waals surface area contributed by atoms with Gasteiger partial charge in [0.05, 0.1) is 5.56 Å². The van der Waals surface area contributed by atoms with Gasteiger partial charge in [-0.1, -0.05) is 34.6 Å². The lowest BCUT2D eigenvalue weighted by Gasteiger charge is -2.35. The van der Waals surface area contributed by atoms with E-state index in [4.69, 9.17) is 21.9 Å². The van der Waals surface area contributed by atoms with Gasteiger partial charge in [-0.2, -0.15) is 4.98 Å². The maximum absolute atomic E-state index is 14.7. The lowest BCUT2D eigenvalue weighted by Crippen LogP contribution is -2.48. The van der Waals surface area contributed by atoms with Crippen molar-refractivity contribution < 1.29 is 9.18 Å². The zero-order valence-electron chi connectivity index (χ0n) is 24.1. The number of nitrogens with two attached hydrogens (primary N) is 2. The number of nitrogen functional groups attached to an aromatic ring is 1. The largest absolute Gasteiger partial charge is 0.385 e. The summed E-state index contributed by atoms with van der Waals surface area (Å²) in [5, 5.41) is 13.6. The van der Waals surface area contributed by atoms with E-state index in [0.29, 0.717) is 34.4 Å². The summed E-state index contributed by atoms with van der Waals surface area (Å²) in [5.41, 5.74) is 12.9. The molecule has 1 fully saturated rings. The molecule has 13 heteroatoms. The smallest absolute Gasteiger partial charge is 0.259 e. The van der Waals surface area contributed by atoms with Crippen LogP contribution in [-0.2, 0) is 0 Å². The average molecular weight is 564 g/mol. The number of nitrogens with one attached hydrogen (secondary N) is 3. The molecule has 3 heterocycles. The van der Waals surface area contributed by atoms with Crippen molar-refractivity contribution in [3.05, 3.63) is 47.8 Å². The molecule has 0 unspecified atom stereocenters. The van der Waals surface area contributed by atoms with E-state index in [2.05, 4.69) is 49.2 Å². The second-order valence-electron chi connectivity index (χ2n) is 11.5. The zero-order chi connectivity index (χ0) is 29.9. The Balaban J connectivity index is 1.57. The molecule has 218 valence electrons. The molecule has 0 atom stereocenters. The second kappa shape index (κ2) is 12.0. The van der Waals surface area contributed by atoms with E-state index < -0.39 is 17.1 Å². The van der Waals surface area contributed by atoms with Crippen molar-refractivity contribution in [3.63, 3.8) is 0 Å². The highest BCUT2D eigenvalue weighted by Crippen LogP contribution is 2.27. The first-order chi connectivity index (χ1) is 19.3. The predicted octanol–water partition coefficient (Wildman–Crippen LogP) is 3.26. The van der Waals surface area contributed by atoms with Gasteiger partial charge >= 0.3 is 0 Å². The minimum absolute atomic E-state index is 0.0563.